The topological polar surface area (TPSA) is 27.7 Å². The van der Waals surface area contributed by atoms with Crippen molar-refractivity contribution >= 4 is 0 Å². The molecule has 3 nitrogen and oxygen atoms in total. The van der Waals surface area contributed by atoms with Gasteiger partial charge in [-0.25, -0.2) is 9.78 Å². The summed E-state index contributed by atoms with van der Waals surface area (Å²) in [5, 5.41) is 0. The number of ether oxygens (including phenoxy) is 1. The zero-order valence-electron chi connectivity index (χ0n) is 14.6. The number of methoxy groups -OCH3 is 1. The summed E-state index contributed by atoms with van der Waals surface area (Å²) in [6.07, 6.45) is 11.2. The summed E-state index contributed by atoms with van der Waals surface area (Å²) in [6, 6.07) is 0. The second-order valence-electron chi connectivity index (χ2n) is 6.53. The zero-order chi connectivity index (χ0) is 15.7. The van der Waals surface area contributed by atoms with Crippen molar-refractivity contribution in [1.29, 1.82) is 0 Å². The smallest absolute Gasteiger partial charge is 0.102 e. The van der Waals surface area contributed by atoms with E-state index < -0.39 is 0 Å². The van der Waals surface area contributed by atoms with Crippen LogP contribution >= 0.6 is 0 Å². The Labute approximate surface area is 131 Å². The fourth-order valence-electron chi connectivity index (χ4n) is 3.25. The summed E-state index contributed by atoms with van der Waals surface area (Å²) < 4.78 is 5.17. The van der Waals surface area contributed by atoms with E-state index >= 15 is 0 Å². The summed E-state index contributed by atoms with van der Waals surface area (Å²) in [5.74, 6) is 1.14. The van der Waals surface area contributed by atoms with Gasteiger partial charge in [-0.2, -0.15) is 0 Å². The van der Waals surface area contributed by atoms with Gasteiger partial charge in [0.05, 0.1) is 6.10 Å². The Kier molecular flexibility index (Phi) is 8.53. The predicted molar refractivity (Wildman–Crippen MR) is 87.1 cm³/mol. The molecule has 0 aromatic heterocycles. The molecule has 0 aromatic carbocycles. The summed E-state index contributed by atoms with van der Waals surface area (Å²) in [5.41, 5.74) is -0.164. The lowest BCUT2D eigenvalue weighted by Gasteiger charge is -2.42. The van der Waals surface area contributed by atoms with Crippen LogP contribution in [0.15, 0.2) is 12.2 Å². The number of rotatable bonds is 9. The number of hydrogen-bond acceptors (Lipinski definition) is 3. The van der Waals surface area contributed by atoms with Crippen LogP contribution in [-0.4, -0.2) is 25.4 Å². The van der Waals surface area contributed by atoms with Crippen LogP contribution in [0.3, 0.4) is 0 Å². The quantitative estimate of drug-likeness (QED) is 0.447. The Bertz CT molecular complexity index is 303. The molecule has 4 atom stereocenters. The minimum absolute atomic E-state index is 0.164. The van der Waals surface area contributed by atoms with Crippen LogP contribution in [0.1, 0.15) is 66.2 Å². The largest absolute Gasteiger partial charge is 0.385 e. The fraction of sp³-hybridized carbons (Fsp3) is 0.889. The SMILES string of the molecule is CC/C=C/[C@H](CC)C[C@@]1(C)C[C@@H](CC)[C@@H](CCOC)OO1. The van der Waals surface area contributed by atoms with E-state index in [9.17, 15) is 0 Å². The van der Waals surface area contributed by atoms with Gasteiger partial charge in [-0.05, 0) is 44.4 Å². The van der Waals surface area contributed by atoms with Crippen LogP contribution in [0.25, 0.3) is 0 Å². The molecule has 0 unspecified atom stereocenters. The molecule has 0 aliphatic carbocycles. The lowest BCUT2D eigenvalue weighted by atomic mass is 9.79. The van der Waals surface area contributed by atoms with Gasteiger partial charge in [0.15, 0.2) is 0 Å². The highest BCUT2D eigenvalue weighted by Crippen LogP contribution is 2.39. The first-order valence-electron chi connectivity index (χ1n) is 8.58. The third-order valence-corrected chi connectivity index (χ3v) is 4.59. The summed E-state index contributed by atoms with van der Waals surface area (Å²) in [4.78, 5) is 11.6. The first kappa shape index (κ1) is 18.7. The van der Waals surface area contributed by atoms with E-state index in [1.165, 1.54) is 0 Å². The molecule has 3 heteroatoms. The molecule has 1 rings (SSSR count). The highest BCUT2D eigenvalue weighted by Gasteiger charge is 2.40. The monoisotopic (exact) mass is 298 g/mol. The lowest BCUT2D eigenvalue weighted by molar-refractivity contribution is -0.420. The van der Waals surface area contributed by atoms with E-state index in [2.05, 4.69) is 39.8 Å². The molecule has 1 aliphatic heterocycles. The van der Waals surface area contributed by atoms with Crippen LogP contribution < -0.4 is 0 Å². The Balaban J connectivity index is 2.60. The molecular formula is C18H34O3. The van der Waals surface area contributed by atoms with Crippen LogP contribution in [0.5, 0.6) is 0 Å². The number of hydrogen-bond donors (Lipinski definition) is 0. The predicted octanol–water partition coefficient (Wildman–Crippen LogP) is 4.91. The molecule has 0 spiro atoms. The van der Waals surface area contributed by atoms with E-state index in [0.717, 1.165) is 45.1 Å². The van der Waals surface area contributed by atoms with E-state index in [4.69, 9.17) is 14.5 Å². The van der Waals surface area contributed by atoms with Crippen molar-refractivity contribution in [2.45, 2.75) is 77.9 Å². The van der Waals surface area contributed by atoms with E-state index in [1.807, 2.05) is 0 Å². The molecule has 0 amide bonds. The second-order valence-corrected chi connectivity index (χ2v) is 6.53. The summed E-state index contributed by atoms with van der Waals surface area (Å²) in [6.45, 7) is 9.60. The van der Waals surface area contributed by atoms with Crippen molar-refractivity contribution in [3.63, 3.8) is 0 Å². The first-order valence-corrected chi connectivity index (χ1v) is 8.58. The Morgan fingerprint density at radius 2 is 2.10 bits per heavy atom. The van der Waals surface area contributed by atoms with Crippen molar-refractivity contribution in [3.05, 3.63) is 12.2 Å². The molecule has 0 bridgehead atoms. The Morgan fingerprint density at radius 3 is 2.67 bits per heavy atom. The van der Waals surface area contributed by atoms with Gasteiger partial charge in [0, 0.05) is 20.1 Å². The first-order chi connectivity index (χ1) is 10.1. The zero-order valence-corrected chi connectivity index (χ0v) is 14.6. The maximum Gasteiger partial charge on any atom is 0.102 e. The highest BCUT2D eigenvalue weighted by atomic mass is 17.2. The van der Waals surface area contributed by atoms with Gasteiger partial charge in [0.1, 0.15) is 5.60 Å². The third kappa shape index (κ3) is 6.09. The molecule has 0 N–H and O–H groups in total. The minimum atomic E-state index is -0.164. The van der Waals surface area contributed by atoms with Gasteiger partial charge < -0.3 is 4.74 Å². The van der Waals surface area contributed by atoms with Crippen molar-refractivity contribution in [3.8, 4) is 0 Å². The molecule has 21 heavy (non-hydrogen) atoms. The van der Waals surface area contributed by atoms with Crippen molar-refractivity contribution < 1.29 is 14.5 Å². The van der Waals surface area contributed by atoms with Gasteiger partial charge in [0.2, 0.25) is 0 Å². The van der Waals surface area contributed by atoms with Crippen molar-refractivity contribution in [2.24, 2.45) is 11.8 Å². The number of allylic oxidation sites excluding steroid dienone is 2. The third-order valence-electron chi connectivity index (χ3n) is 4.59. The molecule has 0 saturated carbocycles. The maximum atomic E-state index is 5.83. The molecule has 1 saturated heterocycles. The minimum Gasteiger partial charge on any atom is -0.385 e. The van der Waals surface area contributed by atoms with Gasteiger partial charge in [-0.3, -0.25) is 0 Å². The summed E-state index contributed by atoms with van der Waals surface area (Å²) >= 11 is 0. The van der Waals surface area contributed by atoms with Crippen LogP contribution in [0.2, 0.25) is 0 Å². The fourth-order valence-corrected chi connectivity index (χ4v) is 3.25. The average molecular weight is 298 g/mol. The molecule has 0 aromatic rings. The van der Waals surface area contributed by atoms with E-state index in [-0.39, 0.29) is 11.7 Å². The van der Waals surface area contributed by atoms with Gasteiger partial charge >= 0.3 is 0 Å². The van der Waals surface area contributed by atoms with Crippen molar-refractivity contribution in [2.75, 3.05) is 13.7 Å². The van der Waals surface area contributed by atoms with E-state index in [1.54, 1.807) is 7.11 Å². The maximum absolute atomic E-state index is 5.83. The van der Waals surface area contributed by atoms with Crippen LogP contribution in [0, 0.1) is 11.8 Å². The molecule has 1 aliphatic rings. The van der Waals surface area contributed by atoms with Crippen LogP contribution in [0.4, 0.5) is 0 Å². The van der Waals surface area contributed by atoms with Crippen molar-refractivity contribution in [1.82, 2.24) is 0 Å². The highest BCUT2D eigenvalue weighted by molar-refractivity contribution is 4.93. The Hall–Kier alpha value is -0.380. The Morgan fingerprint density at radius 1 is 1.33 bits per heavy atom. The second kappa shape index (κ2) is 9.60. The molecule has 1 heterocycles. The lowest BCUT2D eigenvalue weighted by Crippen LogP contribution is -2.44. The average Bonchev–Trinajstić information content (AvgIpc) is 2.50. The van der Waals surface area contributed by atoms with E-state index in [0.29, 0.717) is 11.8 Å². The van der Waals surface area contributed by atoms with Gasteiger partial charge in [-0.15, -0.1) is 0 Å². The molecule has 0 radical (unpaired) electrons. The normalized spacial score (nSPS) is 31.7. The molecular weight excluding hydrogens is 264 g/mol. The van der Waals surface area contributed by atoms with Gasteiger partial charge in [0.25, 0.3) is 0 Å². The van der Waals surface area contributed by atoms with Crippen LogP contribution in [-0.2, 0) is 14.5 Å². The summed E-state index contributed by atoms with van der Waals surface area (Å²) in [7, 11) is 1.74. The molecule has 1 fully saturated rings. The standard InChI is InChI=1S/C18H34O3/c1-6-9-10-15(7-2)13-18(4)14-16(8-3)17(20-21-18)11-12-19-5/h9-10,15-17H,6-8,11-14H2,1-5H3/b10-9+/t15-,16+,17+,18-/m0/s1. The molecule has 124 valence electrons. The van der Waals surface area contributed by atoms with Gasteiger partial charge in [-0.1, -0.05) is 39.3 Å².